The van der Waals surface area contributed by atoms with Crippen LogP contribution >= 0.6 is 7.60 Å². The van der Waals surface area contributed by atoms with Crippen molar-refractivity contribution in [1.29, 1.82) is 0 Å². The van der Waals surface area contributed by atoms with Crippen molar-refractivity contribution in [3.63, 3.8) is 0 Å². The SMILES string of the molecule is COP(=O)(OC)[C@H](O)C1=CCC2CC1C2(C)C. The predicted octanol–water partition coefficient (Wildman–Crippen LogP) is 2.78. The summed E-state index contributed by atoms with van der Waals surface area (Å²) in [6, 6.07) is 0. The summed E-state index contributed by atoms with van der Waals surface area (Å²) in [5.74, 6) is -0.133. The van der Waals surface area contributed by atoms with E-state index in [0.717, 1.165) is 18.4 Å². The van der Waals surface area contributed by atoms with E-state index in [9.17, 15) is 9.67 Å². The number of fused-ring (bicyclic) bond motifs is 1. The highest BCUT2D eigenvalue weighted by Gasteiger charge is 2.54. The second-order valence-electron chi connectivity index (χ2n) is 5.53. The largest absolute Gasteiger partial charge is 0.376 e. The first-order valence-corrected chi connectivity index (χ1v) is 7.57. The summed E-state index contributed by atoms with van der Waals surface area (Å²) in [5.41, 5.74) is 1.03. The van der Waals surface area contributed by atoms with E-state index in [2.05, 4.69) is 13.8 Å². The van der Waals surface area contributed by atoms with Gasteiger partial charge in [-0.3, -0.25) is 4.57 Å². The molecule has 1 saturated carbocycles. The van der Waals surface area contributed by atoms with Gasteiger partial charge in [-0.25, -0.2) is 0 Å². The Morgan fingerprint density at radius 2 is 2.06 bits per heavy atom. The Bertz CT molecular complexity index is 380. The van der Waals surface area contributed by atoms with Crippen LogP contribution in [-0.2, 0) is 13.6 Å². The van der Waals surface area contributed by atoms with Gasteiger partial charge in [0.25, 0.3) is 0 Å². The lowest BCUT2D eigenvalue weighted by atomic mass is 9.49. The normalized spacial score (nSPS) is 32.6. The first kappa shape index (κ1) is 13.3. The highest BCUT2D eigenvalue weighted by atomic mass is 31.2. The summed E-state index contributed by atoms with van der Waals surface area (Å²) >= 11 is 0. The van der Waals surface area contributed by atoms with E-state index in [1.54, 1.807) is 0 Å². The van der Waals surface area contributed by atoms with Crippen molar-refractivity contribution >= 4 is 7.60 Å². The molecule has 0 spiro atoms. The maximum atomic E-state index is 12.2. The van der Waals surface area contributed by atoms with Crippen molar-refractivity contribution in [3.05, 3.63) is 11.6 Å². The minimum Gasteiger partial charge on any atom is -0.376 e. The highest BCUT2D eigenvalue weighted by molar-refractivity contribution is 7.54. The first-order valence-electron chi connectivity index (χ1n) is 5.96. The molecule has 0 amide bonds. The van der Waals surface area contributed by atoms with Gasteiger partial charge in [-0.05, 0) is 35.7 Å². The number of rotatable bonds is 4. The fourth-order valence-electron chi connectivity index (χ4n) is 3.14. The topological polar surface area (TPSA) is 55.8 Å². The zero-order valence-corrected chi connectivity index (χ0v) is 11.7. The van der Waals surface area contributed by atoms with E-state index in [4.69, 9.17) is 9.05 Å². The van der Waals surface area contributed by atoms with Crippen LogP contribution in [0.25, 0.3) is 0 Å². The fraction of sp³-hybridized carbons (Fsp3) is 0.833. The number of hydrogen-bond acceptors (Lipinski definition) is 4. The second kappa shape index (κ2) is 4.20. The third-order valence-corrected chi connectivity index (χ3v) is 6.53. The Labute approximate surface area is 103 Å². The molecule has 3 aliphatic rings. The predicted molar refractivity (Wildman–Crippen MR) is 65.7 cm³/mol. The van der Waals surface area contributed by atoms with Crippen LogP contribution in [0.15, 0.2) is 11.6 Å². The van der Waals surface area contributed by atoms with E-state index in [0.29, 0.717) is 11.8 Å². The Balaban J connectivity index is 2.24. The summed E-state index contributed by atoms with van der Waals surface area (Å²) in [5, 5.41) is 10.2. The molecule has 3 aliphatic carbocycles. The molecule has 0 aromatic rings. The molecular weight excluding hydrogens is 239 g/mol. The lowest BCUT2D eigenvalue weighted by molar-refractivity contribution is -0.0172. The lowest BCUT2D eigenvalue weighted by Crippen LogP contribution is -2.50. The van der Waals surface area contributed by atoms with E-state index < -0.39 is 13.4 Å². The molecule has 4 nitrogen and oxygen atoms in total. The fourth-order valence-corrected chi connectivity index (χ4v) is 4.34. The molecule has 2 bridgehead atoms. The number of allylic oxidation sites excluding steroid dienone is 1. The average molecular weight is 260 g/mol. The van der Waals surface area contributed by atoms with Gasteiger partial charge in [-0.15, -0.1) is 0 Å². The molecule has 3 rings (SSSR count). The van der Waals surface area contributed by atoms with Crippen LogP contribution < -0.4 is 0 Å². The smallest absolute Gasteiger partial charge is 0.362 e. The van der Waals surface area contributed by atoms with Crippen molar-refractivity contribution < 1.29 is 18.7 Å². The molecule has 1 fully saturated rings. The Kier molecular flexibility index (Phi) is 3.28. The molecule has 98 valence electrons. The number of aliphatic hydroxyl groups excluding tert-OH is 1. The van der Waals surface area contributed by atoms with Crippen molar-refractivity contribution in [2.45, 2.75) is 32.5 Å². The molecule has 5 heteroatoms. The molecule has 3 atom stereocenters. The van der Waals surface area contributed by atoms with Crippen LogP contribution in [-0.4, -0.2) is 25.2 Å². The van der Waals surface area contributed by atoms with Crippen LogP contribution in [0.4, 0.5) is 0 Å². The monoisotopic (exact) mass is 260 g/mol. The molecule has 0 aliphatic heterocycles. The van der Waals surface area contributed by atoms with E-state index in [1.165, 1.54) is 14.2 Å². The molecule has 0 aromatic heterocycles. The maximum Gasteiger partial charge on any atom is 0.362 e. The van der Waals surface area contributed by atoms with Gasteiger partial charge in [0, 0.05) is 14.2 Å². The minimum absolute atomic E-state index is 0.192. The highest BCUT2D eigenvalue weighted by Crippen LogP contribution is 2.64. The van der Waals surface area contributed by atoms with Crippen LogP contribution in [0.1, 0.15) is 26.7 Å². The van der Waals surface area contributed by atoms with Crippen molar-refractivity contribution in [3.8, 4) is 0 Å². The summed E-state index contributed by atoms with van der Waals surface area (Å²) in [6.45, 7) is 4.41. The zero-order chi connectivity index (χ0) is 12.8. The van der Waals surface area contributed by atoms with Gasteiger partial charge in [0.1, 0.15) is 0 Å². The molecule has 17 heavy (non-hydrogen) atoms. The third kappa shape index (κ3) is 1.82. The van der Waals surface area contributed by atoms with Crippen molar-refractivity contribution in [2.75, 3.05) is 14.2 Å². The van der Waals surface area contributed by atoms with Crippen molar-refractivity contribution in [1.82, 2.24) is 0 Å². The van der Waals surface area contributed by atoms with Crippen LogP contribution in [0.3, 0.4) is 0 Å². The van der Waals surface area contributed by atoms with Gasteiger partial charge in [0.2, 0.25) is 0 Å². The number of hydrogen-bond donors (Lipinski definition) is 1. The van der Waals surface area contributed by atoms with Crippen LogP contribution in [0.5, 0.6) is 0 Å². The van der Waals surface area contributed by atoms with Gasteiger partial charge >= 0.3 is 7.60 Å². The maximum absolute atomic E-state index is 12.2. The van der Waals surface area contributed by atoms with Gasteiger partial charge in [0.15, 0.2) is 5.85 Å². The molecule has 1 N–H and O–H groups in total. The van der Waals surface area contributed by atoms with Gasteiger partial charge < -0.3 is 14.2 Å². The Morgan fingerprint density at radius 1 is 1.47 bits per heavy atom. The zero-order valence-electron chi connectivity index (χ0n) is 10.8. The quantitative estimate of drug-likeness (QED) is 0.623. The van der Waals surface area contributed by atoms with Gasteiger partial charge in [-0.2, -0.15) is 0 Å². The second-order valence-corrected chi connectivity index (χ2v) is 7.82. The van der Waals surface area contributed by atoms with Crippen molar-refractivity contribution in [2.24, 2.45) is 17.3 Å². The summed E-state index contributed by atoms with van der Waals surface area (Å²) in [4.78, 5) is 0. The Hall–Kier alpha value is -0.150. The Morgan fingerprint density at radius 3 is 2.47 bits per heavy atom. The molecule has 0 saturated heterocycles. The van der Waals surface area contributed by atoms with E-state index in [-0.39, 0.29) is 5.41 Å². The average Bonchev–Trinajstić information content (AvgIpc) is 2.36. The molecule has 0 aromatic carbocycles. The summed E-state index contributed by atoms with van der Waals surface area (Å²) < 4.78 is 21.9. The molecule has 2 unspecified atom stereocenters. The molecule has 0 heterocycles. The van der Waals surface area contributed by atoms with Gasteiger partial charge in [-0.1, -0.05) is 19.9 Å². The summed E-state index contributed by atoms with van der Waals surface area (Å²) in [7, 11) is -0.800. The first-order chi connectivity index (χ1) is 7.86. The van der Waals surface area contributed by atoms with Gasteiger partial charge in [0.05, 0.1) is 0 Å². The van der Waals surface area contributed by atoms with E-state index in [1.807, 2.05) is 6.08 Å². The third-order valence-electron chi connectivity index (χ3n) is 4.62. The van der Waals surface area contributed by atoms with E-state index >= 15 is 0 Å². The summed E-state index contributed by atoms with van der Waals surface area (Å²) in [6.07, 6.45) is 4.03. The molecule has 0 radical (unpaired) electrons. The van der Waals surface area contributed by atoms with Crippen LogP contribution in [0, 0.1) is 17.3 Å². The lowest BCUT2D eigenvalue weighted by Gasteiger charge is -2.57. The minimum atomic E-state index is -3.42. The number of aliphatic hydroxyl groups is 1. The standard InChI is InChI=1S/C12H21O4P/c1-12(2)8-5-6-9(10(12)7-8)11(13)17(14,15-3)16-4/h6,8,10-11,13H,5,7H2,1-4H3/t8?,10?,11-/m0/s1. The molecular formula is C12H21O4P. The van der Waals surface area contributed by atoms with Crippen LogP contribution in [0.2, 0.25) is 0 Å².